The third-order valence-electron chi connectivity index (χ3n) is 2.62. The maximum atomic E-state index is 12.1. The maximum absolute atomic E-state index is 12.1. The highest BCUT2D eigenvalue weighted by Crippen LogP contribution is 2.26. The molecule has 2 heterocycles. The van der Waals surface area contributed by atoms with E-state index in [1.165, 1.54) is 11.3 Å². The van der Waals surface area contributed by atoms with Gasteiger partial charge in [0.05, 0.1) is 5.38 Å². The first-order valence-electron chi connectivity index (χ1n) is 4.76. The second kappa shape index (κ2) is 4.59. The fourth-order valence-corrected chi connectivity index (χ4v) is 3.72. The number of halogens is 2. The molecule has 2 nitrogen and oxygen atoms in total. The second-order valence-electron chi connectivity index (χ2n) is 3.80. The van der Waals surface area contributed by atoms with Gasteiger partial charge in [-0.2, -0.15) is 0 Å². The van der Waals surface area contributed by atoms with Crippen LogP contribution in [-0.4, -0.2) is 29.3 Å². The van der Waals surface area contributed by atoms with Crippen LogP contribution in [-0.2, 0) is 0 Å². The van der Waals surface area contributed by atoms with E-state index in [0.717, 1.165) is 15.0 Å². The van der Waals surface area contributed by atoms with E-state index in [2.05, 4.69) is 29.5 Å². The van der Waals surface area contributed by atoms with Gasteiger partial charge in [0, 0.05) is 16.7 Å². The minimum absolute atomic E-state index is 0.103. The third-order valence-corrected chi connectivity index (χ3v) is 5.35. The Bertz CT molecular complexity index is 371. The number of nitrogens with zero attached hydrogens (tertiary/aromatic N) is 1. The highest BCUT2D eigenvalue weighted by atomic mass is 127. The van der Waals surface area contributed by atoms with Crippen molar-refractivity contribution < 1.29 is 4.79 Å². The van der Waals surface area contributed by atoms with Gasteiger partial charge in [-0.1, -0.05) is 6.92 Å². The highest BCUT2D eigenvalue weighted by molar-refractivity contribution is 14.1. The molecule has 1 amide bonds. The lowest BCUT2D eigenvalue weighted by Crippen LogP contribution is -2.28. The number of likely N-dealkylation sites (tertiary alicyclic amines) is 1. The van der Waals surface area contributed by atoms with E-state index >= 15 is 0 Å². The van der Waals surface area contributed by atoms with Crippen molar-refractivity contribution in [3.8, 4) is 0 Å². The summed E-state index contributed by atoms with van der Waals surface area (Å²) in [6, 6.07) is 1.97. The molecule has 0 saturated carbocycles. The molecule has 0 radical (unpaired) electrons. The van der Waals surface area contributed by atoms with Gasteiger partial charge in [0.15, 0.2) is 0 Å². The summed E-state index contributed by atoms with van der Waals surface area (Å²) in [6.07, 6.45) is 0. The van der Waals surface area contributed by atoms with E-state index in [1.54, 1.807) is 0 Å². The predicted octanol–water partition coefficient (Wildman–Crippen LogP) is 3.05. The predicted molar refractivity (Wildman–Crippen MR) is 71.7 cm³/mol. The number of carbonyl (C=O) groups excluding carboxylic acids is 1. The quantitative estimate of drug-likeness (QED) is 0.560. The molecule has 1 aliphatic heterocycles. The molecule has 0 spiro atoms. The largest absolute Gasteiger partial charge is 0.336 e. The zero-order chi connectivity index (χ0) is 11.0. The number of alkyl halides is 1. The van der Waals surface area contributed by atoms with Gasteiger partial charge in [-0.05, 0) is 40.0 Å². The van der Waals surface area contributed by atoms with Crippen LogP contribution in [0.2, 0.25) is 0 Å². The van der Waals surface area contributed by atoms with Gasteiger partial charge >= 0.3 is 0 Å². The standard InChI is InChI=1S/C10H11ClINOS/c1-6-4-13(5-7(6)11)10(14)9-8(12)2-3-15-9/h2-3,6-7H,4-5H2,1H3. The molecule has 1 saturated heterocycles. The summed E-state index contributed by atoms with van der Waals surface area (Å²) in [6.45, 7) is 3.54. The Labute approximate surface area is 112 Å². The minimum Gasteiger partial charge on any atom is -0.336 e. The van der Waals surface area contributed by atoms with Crippen LogP contribution in [0, 0.1) is 9.49 Å². The maximum Gasteiger partial charge on any atom is 0.265 e. The SMILES string of the molecule is CC1CN(C(=O)c2sccc2I)CC1Cl. The molecule has 2 rings (SSSR count). The van der Waals surface area contributed by atoms with Crippen molar-refractivity contribution >= 4 is 51.4 Å². The molecule has 1 aliphatic rings. The average molecular weight is 356 g/mol. The molecule has 15 heavy (non-hydrogen) atoms. The summed E-state index contributed by atoms with van der Waals surface area (Å²) < 4.78 is 1.04. The van der Waals surface area contributed by atoms with Crippen molar-refractivity contribution in [2.45, 2.75) is 12.3 Å². The Hall–Kier alpha value is 0.190. The Balaban J connectivity index is 2.13. The molecule has 2 atom stereocenters. The molecule has 5 heteroatoms. The van der Waals surface area contributed by atoms with Gasteiger partial charge in [0.25, 0.3) is 5.91 Å². The molecule has 1 fully saturated rings. The van der Waals surface area contributed by atoms with Gasteiger partial charge in [-0.15, -0.1) is 22.9 Å². The molecule has 1 aromatic heterocycles. The van der Waals surface area contributed by atoms with Crippen molar-refractivity contribution in [3.63, 3.8) is 0 Å². The van der Waals surface area contributed by atoms with Gasteiger partial charge in [-0.3, -0.25) is 4.79 Å². The molecule has 0 N–H and O–H groups in total. The number of carbonyl (C=O) groups is 1. The Morgan fingerprint density at radius 3 is 2.87 bits per heavy atom. The number of hydrogen-bond acceptors (Lipinski definition) is 2. The van der Waals surface area contributed by atoms with Crippen molar-refractivity contribution in [1.29, 1.82) is 0 Å². The molecule has 1 aromatic rings. The molecule has 0 aliphatic carbocycles. The van der Waals surface area contributed by atoms with E-state index < -0.39 is 0 Å². The van der Waals surface area contributed by atoms with Crippen molar-refractivity contribution in [1.82, 2.24) is 4.90 Å². The first-order chi connectivity index (χ1) is 7.09. The van der Waals surface area contributed by atoms with Crippen LogP contribution in [0.25, 0.3) is 0 Å². The molecule has 82 valence electrons. The minimum atomic E-state index is 0.103. The summed E-state index contributed by atoms with van der Waals surface area (Å²) in [5, 5.41) is 2.05. The second-order valence-corrected chi connectivity index (χ2v) is 6.44. The van der Waals surface area contributed by atoms with E-state index in [4.69, 9.17) is 11.6 Å². The third kappa shape index (κ3) is 2.31. The first-order valence-corrected chi connectivity index (χ1v) is 7.15. The monoisotopic (exact) mass is 355 g/mol. The number of amides is 1. The summed E-state index contributed by atoms with van der Waals surface area (Å²) >= 11 is 9.81. The van der Waals surface area contributed by atoms with Crippen LogP contribution < -0.4 is 0 Å². The van der Waals surface area contributed by atoms with Crippen molar-refractivity contribution in [2.75, 3.05) is 13.1 Å². The molecule has 0 bridgehead atoms. The molecular formula is C10H11ClINOS. The Morgan fingerprint density at radius 1 is 1.67 bits per heavy atom. The lowest BCUT2D eigenvalue weighted by atomic mass is 10.2. The van der Waals surface area contributed by atoms with E-state index in [-0.39, 0.29) is 11.3 Å². The number of rotatable bonds is 1. The van der Waals surface area contributed by atoms with Gasteiger partial charge in [0.2, 0.25) is 0 Å². The molecule has 2 unspecified atom stereocenters. The van der Waals surface area contributed by atoms with Crippen LogP contribution in [0.5, 0.6) is 0 Å². The van der Waals surface area contributed by atoms with Gasteiger partial charge in [-0.25, -0.2) is 0 Å². The highest BCUT2D eigenvalue weighted by Gasteiger charge is 2.32. The molecule has 0 aromatic carbocycles. The smallest absolute Gasteiger partial charge is 0.265 e. The van der Waals surface area contributed by atoms with Crippen LogP contribution in [0.15, 0.2) is 11.4 Å². The summed E-state index contributed by atoms with van der Waals surface area (Å²) in [7, 11) is 0. The molecular weight excluding hydrogens is 345 g/mol. The fourth-order valence-electron chi connectivity index (χ4n) is 1.68. The lowest BCUT2D eigenvalue weighted by molar-refractivity contribution is 0.0792. The zero-order valence-electron chi connectivity index (χ0n) is 8.24. The lowest BCUT2D eigenvalue weighted by Gasteiger charge is -2.14. The van der Waals surface area contributed by atoms with E-state index in [1.807, 2.05) is 16.3 Å². The van der Waals surface area contributed by atoms with E-state index in [0.29, 0.717) is 12.5 Å². The summed E-state index contributed by atoms with van der Waals surface area (Å²) in [4.78, 5) is 14.8. The number of thiophene rings is 1. The van der Waals surface area contributed by atoms with Gasteiger partial charge < -0.3 is 4.90 Å². The van der Waals surface area contributed by atoms with Crippen LogP contribution >= 0.6 is 45.5 Å². The van der Waals surface area contributed by atoms with Crippen molar-refractivity contribution in [2.24, 2.45) is 5.92 Å². The van der Waals surface area contributed by atoms with Crippen LogP contribution in [0.1, 0.15) is 16.6 Å². The van der Waals surface area contributed by atoms with Crippen molar-refractivity contribution in [3.05, 3.63) is 19.9 Å². The Morgan fingerprint density at radius 2 is 2.40 bits per heavy atom. The topological polar surface area (TPSA) is 20.3 Å². The van der Waals surface area contributed by atoms with Crippen LogP contribution in [0.3, 0.4) is 0 Å². The zero-order valence-corrected chi connectivity index (χ0v) is 12.0. The van der Waals surface area contributed by atoms with Crippen LogP contribution in [0.4, 0.5) is 0 Å². The van der Waals surface area contributed by atoms with Gasteiger partial charge in [0.1, 0.15) is 4.88 Å². The number of hydrogen-bond donors (Lipinski definition) is 0. The normalized spacial score (nSPS) is 25.9. The summed E-state index contributed by atoms with van der Waals surface area (Å²) in [5.74, 6) is 0.526. The average Bonchev–Trinajstić information content (AvgIpc) is 2.74. The van der Waals surface area contributed by atoms with E-state index in [9.17, 15) is 4.79 Å². The Kier molecular flexibility index (Phi) is 3.57. The fraction of sp³-hybridized carbons (Fsp3) is 0.500. The first kappa shape index (κ1) is 11.7. The summed E-state index contributed by atoms with van der Waals surface area (Å²) in [5.41, 5.74) is 0.